The molecule has 1 N–H and O–H groups in total. The third kappa shape index (κ3) is 2.40. The smallest absolute Gasteiger partial charge is 0.269 e. The average Bonchev–Trinajstić information content (AvgIpc) is 2.08. The zero-order valence-electron chi connectivity index (χ0n) is 7.08. The Labute approximate surface area is 80.7 Å². The number of nitro groups is 1. The monoisotopic (exact) mass is 200 g/mol. The molecule has 0 saturated carbocycles. The van der Waals surface area contributed by atoms with Gasteiger partial charge in [-0.05, 0) is 18.7 Å². The Balaban J connectivity index is 3.03. The van der Waals surface area contributed by atoms with Gasteiger partial charge in [-0.15, -0.1) is 0 Å². The Morgan fingerprint density at radius 2 is 2.31 bits per heavy atom. The second-order valence-electron chi connectivity index (χ2n) is 2.56. The third-order valence-corrected chi connectivity index (χ3v) is 1.98. The van der Waals surface area contributed by atoms with Gasteiger partial charge in [0.25, 0.3) is 5.69 Å². The Kier molecular flexibility index (Phi) is 3.22. The molecule has 0 amide bonds. The minimum Gasteiger partial charge on any atom is -0.316 e. The van der Waals surface area contributed by atoms with Gasteiger partial charge in [0.05, 0.1) is 4.92 Å². The maximum Gasteiger partial charge on any atom is 0.269 e. The zero-order chi connectivity index (χ0) is 9.84. The van der Waals surface area contributed by atoms with E-state index in [1.807, 2.05) is 0 Å². The quantitative estimate of drug-likeness (QED) is 0.600. The number of nitrogens with one attached hydrogen (secondary N) is 1. The molecule has 4 nitrogen and oxygen atoms in total. The number of hydrogen-bond donors (Lipinski definition) is 1. The van der Waals surface area contributed by atoms with Crippen molar-refractivity contribution in [2.75, 3.05) is 7.05 Å². The minimum atomic E-state index is -0.435. The van der Waals surface area contributed by atoms with Gasteiger partial charge in [-0.1, -0.05) is 11.6 Å². The molecule has 0 bridgehead atoms. The summed E-state index contributed by atoms with van der Waals surface area (Å²) in [6.07, 6.45) is 0. The highest BCUT2D eigenvalue weighted by atomic mass is 35.5. The van der Waals surface area contributed by atoms with Gasteiger partial charge in [0.1, 0.15) is 0 Å². The number of hydrogen-bond acceptors (Lipinski definition) is 3. The van der Waals surface area contributed by atoms with Crippen LogP contribution in [0.15, 0.2) is 18.2 Å². The Bertz CT molecular complexity index is 328. The fourth-order valence-electron chi connectivity index (χ4n) is 1.00. The Morgan fingerprint density at radius 3 is 2.85 bits per heavy atom. The molecule has 13 heavy (non-hydrogen) atoms. The molecule has 0 radical (unpaired) electrons. The van der Waals surface area contributed by atoms with Crippen molar-refractivity contribution in [1.82, 2.24) is 5.32 Å². The summed E-state index contributed by atoms with van der Waals surface area (Å²) in [7, 11) is 1.76. The standard InChI is InChI=1S/C8H9ClN2O2/c1-10-5-6-4-7(11(12)13)2-3-8(6)9/h2-4,10H,5H2,1H3. The van der Waals surface area contributed by atoms with Gasteiger partial charge >= 0.3 is 0 Å². The van der Waals surface area contributed by atoms with E-state index in [-0.39, 0.29) is 5.69 Å². The number of rotatable bonds is 3. The predicted octanol–water partition coefficient (Wildman–Crippen LogP) is 1.97. The molecule has 5 heteroatoms. The van der Waals surface area contributed by atoms with Crippen LogP contribution in [0.3, 0.4) is 0 Å². The fraction of sp³-hybridized carbons (Fsp3) is 0.250. The molecule has 0 fully saturated rings. The van der Waals surface area contributed by atoms with Crippen molar-refractivity contribution in [3.8, 4) is 0 Å². The molecule has 1 aromatic carbocycles. The van der Waals surface area contributed by atoms with Crippen molar-refractivity contribution in [3.63, 3.8) is 0 Å². The van der Waals surface area contributed by atoms with Crippen LogP contribution in [-0.2, 0) is 6.54 Å². The maximum absolute atomic E-state index is 10.4. The summed E-state index contributed by atoms with van der Waals surface area (Å²) >= 11 is 5.82. The van der Waals surface area contributed by atoms with E-state index in [4.69, 9.17) is 11.6 Å². The number of halogens is 1. The molecule has 0 atom stereocenters. The van der Waals surface area contributed by atoms with Gasteiger partial charge in [-0.2, -0.15) is 0 Å². The van der Waals surface area contributed by atoms with Gasteiger partial charge < -0.3 is 5.32 Å². The molecule has 0 heterocycles. The summed E-state index contributed by atoms with van der Waals surface area (Å²) in [5.41, 5.74) is 0.799. The van der Waals surface area contributed by atoms with Crippen LogP contribution in [0.5, 0.6) is 0 Å². The molecule has 0 spiro atoms. The van der Waals surface area contributed by atoms with Gasteiger partial charge in [0, 0.05) is 23.7 Å². The highest BCUT2D eigenvalue weighted by molar-refractivity contribution is 6.31. The maximum atomic E-state index is 10.4. The first-order valence-electron chi connectivity index (χ1n) is 3.72. The van der Waals surface area contributed by atoms with E-state index in [9.17, 15) is 10.1 Å². The molecule has 1 rings (SSSR count). The summed E-state index contributed by atoms with van der Waals surface area (Å²) in [4.78, 5) is 9.98. The van der Waals surface area contributed by atoms with Crippen LogP contribution in [0, 0.1) is 10.1 Å². The van der Waals surface area contributed by atoms with E-state index in [0.717, 1.165) is 5.56 Å². The number of non-ortho nitro benzene ring substituents is 1. The third-order valence-electron chi connectivity index (χ3n) is 1.61. The van der Waals surface area contributed by atoms with Crippen LogP contribution in [0.25, 0.3) is 0 Å². The van der Waals surface area contributed by atoms with E-state index >= 15 is 0 Å². The highest BCUT2D eigenvalue weighted by Gasteiger charge is 2.08. The molecule has 0 saturated heterocycles. The average molecular weight is 201 g/mol. The molecule has 0 unspecified atom stereocenters. The van der Waals surface area contributed by atoms with Gasteiger partial charge in [-0.3, -0.25) is 10.1 Å². The Morgan fingerprint density at radius 1 is 1.62 bits per heavy atom. The topological polar surface area (TPSA) is 55.2 Å². The lowest BCUT2D eigenvalue weighted by Crippen LogP contribution is -2.05. The van der Waals surface area contributed by atoms with Crippen molar-refractivity contribution >= 4 is 17.3 Å². The first kappa shape index (κ1) is 9.95. The fourth-order valence-corrected chi connectivity index (χ4v) is 1.18. The van der Waals surface area contributed by atoms with Crippen molar-refractivity contribution in [1.29, 1.82) is 0 Å². The van der Waals surface area contributed by atoms with Crippen LogP contribution < -0.4 is 5.32 Å². The number of nitro benzene ring substituents is 1. The first-order valence-corrected chi connectivity index (χ1v) is 4.10. The van der Waals surface area contributed by atoms with E-state index in [0.29, 0.717) is 11.6 Å². The van der Waals surface area contributed by atoms with Crippen LogP contribution in [-0.4, -0.2) is 12.0 Å². The van der Waals surface area contributed by atoms with Gasteiger partial charge in [0.15, 0.2) is 0 Å². The normalized spacial score (nSPS) is 10.0. The summed E-state index contributed by atoms with van der Waals surface area (Å²) in [5, 5.41) is 13.8. The molecule has 0 aliphatic rings. The lowest BCUT2D eigenvalue weighted by atomic mass is 10.2. The molecule has 0 aromatic heterocycles. The molecular formula is C8H9ClN2O2. The molecule has 0 aliphatic heterocycles. The first-order chi connectivity index (χ1) is 6.15. The lowest BCUT2D eigenvalue weighted by molar-refractivity contribution is -0.384. The number of benzene rings is 1. The second-order valence-corrected chi connectivity index (χ2v) is 2.97. The van der Waals surface area contributed by atoms with E-state index in [2.05, 4.69) is 5.32 Å². The van der Waals surface area contributed by atoms with E-state index in [1.165, 1.54) is 18.2 Å². The largest absolute Gasteiger partial charge is 0.316 e. The lowest BCUT2D eigenvalue weighted by Gasteiger charge is -2.02. The zero-order valence-corrected chi connectivity index (χ0v) is 7.84. The minimum absolute atomic E-state index is 0.0645. The van der Waals surface area contributed by atoms with Crippen LogP contribution in [0.1, 0.15) is 5.56 Å². The SMILES string of the molecule is CNCc1cc([N+](=O)[O-])ccc1Cl. The van der Waals surface area contributed by atoms with Gasteiger partial charge in [0.2, 0.25) is 0 Å². The summed E-state index contributed by atoms with van der Waals surface area (Å²) < 4.78 is 0. The van der Waals surface area contributed by atoms with Crippen LogP contribution >= 0.6 is 11.6 Å². The molecule has 70 valence electrons. The summed E-state index contributed by atoms with van der Waals surface area (Å²) in [6, 6.07) is 4.40. The van der Waals surface area contributed by atoms with Gasteiger partial charge in [-0.25, -0.2) is 0 Å². The second kappa shape index (κ2) is 4.20. The van der Waals surface area contributed by atoms with Crippen molar-refractivity contribution in [2.24, 2.45) is 0 Å². The van der Waals surface area contributed by atoms with Crippen molar-refractivity contribution < 1.29 is 4.92 Å². The highest BCUT2D eigenvalue weighted by Crippen LogP contribution is 2.21. The van der Waals surface area contributed by atoms with Crippen LogP contribution in [0.4, 0.5) is 5.69 Å². The Hall–Kier alpha value is -1.13. The number of nitrogens with zero attached hydrogens (tertiary/aromatic N) is 1. The van der Waals surface area contributed by atoms with Crippen molar-refractivity contribution in [2.45, 2.75) is 6.54 Å². The molecular weight excluding hydrogens is 192 g/mol. The summed E-state index contributed by atoms with van der Waals surface area (Å²) in [5.74, 6) is 0. The molecule has 0 aliphatic carbocycles. The predicted molar refractivity (Wildman–Crippen MR) is 50.9 cm³/mol. The molecule has 1 aromatic rings. The van der Waals surface area contributed by atoms with Crippen molar-refractivity contribution in [3.05, 3.63) is 38.9 Å². The van der Waals surface area contributed by atoms with E-state index < -0.39 is 4.92 Å². The van der Waals surface area contributed by atoms with E-state index in [1.54, 1.807) is 7.05 Å². The van der Waals surface area contributed by atoms with Crippen LogP contribution in [0.2, 0.25) is 5.02 Å². The summed E-state index contributed by atoms with van der Waals surface area (Å²) in [6.45, 7) is 0.528.